The summed E-state index contributed by atoms with van der Waals surface area (Å²) in [5.74, 6) is 1.62. The first-order chi connectivity index (χ1) is 7.01. The second kappa shape index (κ2) is 5.83. The highest BCUT2D eigenvalue weighted by Crippen LogP contribution is 2.27. The van der Waals surface area contributed by atoms with Gasteiger partial charge < -0.3 is 15.3 Å². The molecular weight excluding hydrogens is 200 g/mol. The number of allylic oxidation sites excluding steroid dienone is 1. The van der Waals surface area contributed by atoms with E-state index in [9.17, 15) is 9.59 Å². The van der Waals surface area contributed by atoms with Crippen LogP contribution in [0.5, 0.6) is 0 Å². The minimum absolute atomic E-state index is 0.211. The van der Waals surface area contributed by atoms with Crippen molar-refractivity contribution in [1.29, 1.82) is 0 Å². The van der Waals surface area contributed by atoms with Crippen molar-refractivity contribution < 1.29 is 24.9 Å². The van der Waals surface area contributed by atoms with Crippen LogP contribution in [0.2, 0.25) is 0 Å². The van der Waals surface area contributed by atoms with Crippen molar-refractivity contribution in [2.24, 2.45) is 5.41 Å². The van der Waals surface area contributed by atoms with Gasteiger partial charge in [0.25, 0.3) is 0 Å². The van der Waals surface area contributed by atoms with Gasteiger partial charge in [0.15, 0.2) is 5.41 Å². The molecule has 0 bridgehead atoms. The molecular formula is C10H12O5. The summed E-state index contributed by atoms with van der Waals surface area (Å²) in [5, 5.41) is 26.1. The maximum Gasteiger partial charge on any atom is 0.322 e. The van der Waals surface area contributed by atoms with Gasteiger partial charge in [-0.25, -0.2) is 0 Å². The van der Waals surface area contributed by atoms with Gasteiger partial charge in [-0.1, -0.05) is 17.9 Å². The summed E-state index contributed by atoms with van der Waals surface area (Å²) >= 11 is 0. The number of carboxylic acids is 2. The highest BCUT2D eigenvalue weighted by atomic mass is 16.4. The number of hydrogen-bond acceptors (Lipinski definition) is 3. The van der Waals surface area contributed by atoms with Crippen LogP contribution >= 0.6 is 0 Å². The Bertz CT molecular complexity index is 306. The lowest BCUT2D eigenvalue weighted by Gasteiger charge is -2.20. The predicted octanol–water partition coefficient (Wildman–Crippen LogP) is 0.104. The van der Waals surface area contributed by atoms with E-state index >= 15 is 0 Å². The van der Waals surface area contributed by atoms with Crippen LogP contribution in [0.1, 0.15) is 12.8 Å². The Morgan fingerprint density at radius 1 is 1.27 bits per heavy atom. The zero-order valence-electron chi connectivity index (χ0n) is 8.06. The molecule has 0 unspecified atom stereocenters. The first-order valence-corrected chi connectivity index (χ1v) is 4.15. The third-order valence-electron chi connectivity index (χ3n) is 1.91. The Morgan fingerprint density at radius 2 is 1.80 bits per heavy atom. The van der Waals surface area contributed by atoms with E-state index in [-0.39, 0.29) is 12.8 Å². The molecule has 0 saturated carbocycles. The number of hydrogen-bond donors (Lipinski definition) is 3. The lowest BCUT2D eigenvalue weighted by molar-refractivity contribution is -0.164. The minimum Gasteiger partial charge on any atom is -0.480 e. The number of carboxylic acid groups (broad SMARTS) is 2. The number of aliphatic hydroxyl groups excluding tert-OH is 1. The summed E-state index contributed by atoms with van der Waals surface area (Å²) in [6.45, 7) is 2.89. The monoisotopic (exact) mass is 212 g/mol. The van der Waals surface area contributed by atoms with E-state index in [4.69, 9.17) is 15.3 Å². The molecule has 0 radical (unpaired) electrons. The summed E-state index contributed by atoms with van der Waals surface area (Å²) in [4.78, 5) is 21.8. The van der Waals surface area contributed by atoms with Gasteiger partial charge in [0, 0.05) is 6.42 Å². The Kier molecular flexibility index (Phi) is 5.13. The SMILES string of the molecule is C=CCC(CC#CCO)(C(=O)O)C(=O)O. The average Bonchev–Trinajstić information content (AvgIpc) is 2.15. The largest absolute Gasteiger partial charge is 0.480 e. The first-order valence-electron chi connectivity index (χ1n) is 4.15. The van der Waals surface area contributed by atoms with Crippen LogP contribution in [-0.2, 0) is 9.59 Å². The average molecular weight is 212 g/mol. The molecule has 0 aromatic rings. The molecule has 82 valence electrons. The van der Waals surface area contributed by atoms with Crippen molar-refractivity contribution in [1.82, 2.24) is 0 Å². The molecule has 0 spiro atoms. The number of aliphatic carboxylic acids is 2. The third-order valence-corrected chi connectivity index (χ3v) is 1.91. The maximum atomic E-state index is 10.9. The Hall–Kier alpha value is -1.80. The van der Waals surface area contributed by atoms with E-state index in [0.717, 1.165) is 0 Å². The standard InChI is InChI=1S/C10H12O5/c1-2-5-10(8(12)13,9(14)15)6-3-4-7-11/h2,11H,1,5-7H2,(H,12,13)(H,14,15). The van der Waals surface area contributed by atoms with E-state index in [2.05, 4.69) is 18.4 Å². The highest BCUT2D eigenvalue weighted by molar-refractivity contribution is 5.98. The summed E-state index contributed by atoms with van der Waals surface area (Å²) in [7, 11) is 0. The Morgan fingerprint density at radius 3 is 2.13 bits per heavy atom. The molecule has 0 aromatic heterocycles. The molecule has 5 nitrogen and oxygen atoms in total. The molecule has 0 fully saturated rings. The van der Waals surface area contributed by atoms with Crippen molar-refractivity contribution in [2.75, 3.05) is 6.61 Å². The van der Waals surface area contributed by atoms with Gasteiger partial charge in [0.1, 0.15) is 6.61 Å². The van der Waals surface area contributed by atoms with Crippen LogP contribution in [0.25, 0.3) is 0 Å². The van der Waals surface area contributed by atoms with Gasteiger partial charge in [0.2, 0.25) is 0 Å². The van der Waals surface area contributed by atoms with Crippen LogP contribution < -0.4 is 0 Å². The zero-order valence-corrected chi connectivity index (χ0v) is 8.06. The normalized spacial score (nSPS) is 9.93. The second-order valence-electron chi connectivity index (χ2n) is 2.87. The van der Waals surface area contributed by atoms with Crippen molar-refractivity contribution >= 4 is 11.9 Å². The van der Waals surface area contributed by atoms with Gasteiger partial charge in [-0.3, -0.25) is 9.59 Å². The second-order valence-corrected chi connectivity index (χ2v) is 2.87. The van der Waals surface area contributed by atoms with Crippen LogP contribution in [-0.4, -0.2) is 33.9 Å². The third kappa shape index (κ3) is 3.11. The van der Waals surface area contributed by atoms with E-state index in [1.807, 2.05) is 0 Å². The lowest BCUT2D eigenvalue weighted by Crippen LogP contribution is -2.38. The number of carbonyl (C=O) groups is 2. The van der Waals surface area contributed by atoms with Gasteiger partial charge in [-0.05, 0) is 6.42 Å². The fourth-order valence-corrected chi connectivity index (χ4v) is 1.01. The van der Waals surface area contributed by atoms with Crippen LogP contribution in [0.15, 0.2) is 12.7 Å². The van der Waals surface area contributed by atoms with Crippen molar-refractivity contribution in [3.05, 3.63) is 12.7 Å². The molecule has 3 N–H and O–H groups in total. The molecule has 0 heterocycles. The molecule has 0 atom stereocenters. The van der Waals surface area contributed by atoms with E-state index < -0.39 is 24.0 Å². The zero-order chi connectivity index (χ0) is 11.9. The van der Waals surface area contributed by atoms with Crippen molar-refractivity contribution in [3.8, 4) is 11.8 Å². The van der Waals surface area contributed by atoms with Gasteiger partial charge in [0.05, 0.1) is 0 Å². The molecule has 0 aliphatic heterocycles. The van der Waals surface area contributed by atoms with Crippen LogP contribution in [0.4, 0.5) is 0 Å². The smallest absolute Gasteiger partial charge is 0.322 e. The van der Waals surface area contributed by atoms with Gasteiger partial charge in [-0.2, -0.15) is 0 Å². The fourth-order valence-electron chi connectivity index (χ4n) is 1.01. The Labute approximate surface area is 87.0 Å². The fraction of sp³-hybridized carbons (Fsp3) is 0.400. The maximum absolute atomic E-state index is 10.9. The number of aliphatic hydroxyl groups is 1. The van der Waals surface area contributed by atoms with E-state index in [0.29, 0.717) is 0 Å². The highest BCUT2D eigenvalue weighted by Gasteiger charge is 2.44. The van der Waals surface area contributed by atoms with Crippen LogP contribution in [0, 0.1) is 17.3 Å². The van der Waals surface area contributed by atoms with Crippen LogP contribution in [0.3, 0.4) is 0 Å². The summed E-state index contributed by atoms with van der Waals surface area (Å²) in [6.07, 6.45) is 0.658. The predicted molar refractivity (Wildman–Crippen MR) is 52.0 cm³/mol. The lowest BCUT2D eigenvalue weighted by atomic mass is 9.81. The number of rotatable bonds is 5. The topological polar surface area (TPSA) is 94.8 Å². The molecule has 0 aromatic carbocycles. The molecule has 0 aliphatic rings. The van der Waals surface area contributed by atoms with Gasteiger partial charge >= 0.3 is 11.9 Å². The van der Waals surface area contributed by atoms with E-state index in [1.165, 1.54) is 6.08 Å². The van der Waals surface area contributed by atoms with Crippen molar-refractivity contribution in [3.63, 3.8) is 0 Å². The molecule has 0 saturated heterocycles. The summed E-state index contributed by atoms with van der Waals surface area (Å²) < 4.78 is 0. The molecule has 0 aliphatic carbocycles. The first kappa shape index (κ1) is 13.2. The molecule has 0 rings (SSSR count). The molecule has 0 amide bonds. The molecule has 15 heavy (non-hydrogen) atoms. The van der Waals surface area contributed by atoms with E-state index in [1.54, 1.807) is 0 Å². The van der Waals surface area contributed by atoms with Gasteiger partial charge in [-0.15, -0.1) is 6.58 Å². The summed E-state index contributed by atoms with van der Waals surface area (Å²) in [6, 6.07) is 0. The Balaban J connectivity index is 5.03. The minimum atomic E-state index is -1.97. The molecule has 5 heteroatoms. The summed E-state index contributed by atoms with van der Waals surface area (Å²) in [5.41, 5.74) is -1.97. The van der Waals surface area contributed by atoms with Crippen molar-refractivity contribution in [2.45, 2.75) is 12.8 Å². The quantitative estimate of drug-likeness (QED) is 0.341.